The van der Waals surface area contributed by atoms with E-state index in [1.54, 1.807) is 19.9 Å². The van der Waals surface area contributed by atoms with Crippen LogP contribution in [0, 0.1) is 6.92 Å². The molecule has 0 bridgehead atoms. The molecule has 0 N–H and O–H groups in total. The van der Waals surface area contributed by atoms with Crippen LogP contribution in [0.3, 0.4) is 0 Å². The zero-order chi connectivity index (χ0) is 12.3. The van der Waals surface area contributed by atoms with Crippen LogP contribution in [0.1, 0.15) is 25.8 Å². The lowest BCUT2D eigenvalue weighted by Crippen LogP contribution is -2.23. The van der Waals surface area contributed by atoms with E-state index in [2.05, 4.69) is 0 Å². The second kappa shape index (κ2) is 5.55. The highest BCUT2D eigenvalue weighted by atomic mass is 35.5. The molecule has 0 fully saturated rings. The normalized spacial score (nSPS) is 12.3. The van der Waals surface area contributed by atoms with Crippen molar-refractivity contribution in [3.05, 3.63) is 27.7 Å². The largest absolute Gasteiger partial charge is 0.480 e. The first kappa shape index (κ1) is 13.3. The maximum atomic E-state index is 11.4. The lowest BCUT2D eigenvalue weighted by atomic mass is 10.2. The van der Waals surface area contributed by atoms with Crippen molar-refractivity contribution in [3.8, 4) is 5.75 Å². The number of hydrogen-bond donors (Lipinski definition) is 0. The first-order chi connectivity index (χ1) is 7.47. The van der Waals surface area contributed by atoms with Crippen LogP contribution in [-0.2, 0) is 4.79 Å². The number of Topliss-reactive ketones (excluding diaryl/α,β-unsaturated/α-hetero) is 1. The van der Waals surface area contributed by atoms with Gasteiger partial charge in [0, 0.05) is 6.42 Å². The van der Waals surface area contributed by atoms with E-state index in [9.17, 15) is 4.79 Å². The van der Waals surface area contributed by atoms with Crippen molar-refractivity contribution in [2.24, 2.45) is 0 Å². The summed E-state index contributed by atoms with van der Waals surface area (Å²) in [6.45, 7) is 5.35. The molecule has 16 heavy (non-hydrogen) atoms. The Hall–Kier alpha value is -0.730. The molecule has 1 aromatic rings. The predicted octanol–water partition coefficient (Wildman–Crippen LogP) is 4.05. The fraction of sp³-hybridized carbons (Fsp3) is 0.417. The highest BCUT2D eigenvalue weighted by Gasteiger charge is 2.17. The third-order valence-electron chi connectivity index (χ3n) is 2.34. The number of rotatable bonds is 4. The third kappa shape index (κ3) is 2.89. The van der Waals surface area contributed by atoms with E-state index in [0.29, 0.717) is 22.2 Å². The Labute approximate surface area is 106 Å². The van der Waals surface area contributed by atoms with Gasteiger partial charge in [0.2, 0.25) is 0 Å². The summed E-state index contributed by atoms with van der Waals surface area (Å²) < 4.78 is 5.50. The van der Waals surface area contributed by atoms with Crippen molar-refractivity contribution in [1.82, 2.24) is 0 Å². The Bertz CT molecular complexity index is 402. The van der Waals surface area contributed by atoms with Crippen LogP contribution in [0.5, 0.6) is 5.75 Å². The van der Waals surface area contributed by atoms with E-state index in [4.69, 9.17) is 27.9 Å². The molecule has 0 spiro atoms. The SMILES string of the molecule is CCC(=O)C(C)Oc1c(Cl)ccc(C)c1Cl. The lowest BCUT2D eigenvalue weighted by Gasteiger charge is -2.16. The number of benzene rings is 1. The summed E-state index contributed by atoms with van der Waals surface area (Å²) in [5.74, 6) is 0.409. The summed E-state index contributed by atoms with van der Waals surface area (Å²) in [7, 11) is 0. The standard InChI is InChI=1S/C12H14Cl2O2/c1-4-10(15)8(3)16-12-9(13)6-5-7(2)11(12)14/h5-6,8H,4H2,1-3H3. The zero-order valence-corrected chi connectivity index (χ0v) is 11.0. The smallest absolute Gasteiger partial charge is 0.172 e. The van der Waals surface area contributed by atoms with E-state index >= 15 is 0 Å². The number of ketones is 1. The van der Waals surface area contributed by atoms with E-state index in [1.165, 1.54) is 0 Å². The molecular weight excluding hydrogens is 247 g/mol. The van der Waals surface area contributed by atoms with Crippen LogP contribution in [0.15, 0.2) is 12.1 Å². The maximum absolute atomic E-state index is 11.4. The van der Waals surface area contributed by atoms with Crippen molar-refractivity contribution in [2.45, 2.75) is 33.3 Å². The highest BCUT2D eigenvalue weighted by molar-refractivity contribution is 6.37. The molecule has 0 saturated heterocycles. The number of carbonyl (C=O) groups excluding carboxylic acids is 1. The zero-order valence-electron chi connectivity index (χ0n) is 9.51. The molecular formula is C12H14Cl2O2. The minimum absolute atomic E-state index is 0.0219. The van der Waals surface area contributed by atoms with Crippen LogP contribution in [-0.4, -0.2) is 11.9 Å². The lowest BCUT2D eigenvalue weighted by molar-refractivity contribution is -0.124. The van der Waals surface area contributed by atoms with Crippen molar-refractivity contribution in [1.29, 1.82) is 0 Å². The Morgan fingerprint density at radius 2 is 2.06 bits per heavy atom. The highest BCUT2D eigenvalue weighted by Crippen LogP contribution is 2.35. The molecule has 1 rings (SSSR count). The van der Waals surface area contributed by atoms with Gasteiger partial charge in [-0.15, -0.1) is 0 Å². The molecule has 1 atom stereocenters. The van der Waals surface area contributed by atoms with E-state index < -0.39 is 6.10 Å². The summed E-state index contributed by atoms with van der Waals surface area (Å²) >= 11 is 12.0. The average Bonchev–Trinajstić information content (AvgIpc) is 2.28. The van der Waals surface area contributed by atoms with E-state index in [-0.39, 0.29) is 5.78 Å². The molecule has 0 heterocycles. The van der Waals surface area contributed by atoms with Gasteiger partial charge in [-0.25, -0.2) is 0 Å². The molecule has 0 aliphatic heterocycles. The number of hydrogen-bond acceptors (Lipinski definition) is 2. The molecule has 0 aromatic heterocycles. The first-order valence-electron chi connectivity index (χ1n) is 5.11. The number of halogens is 2. The topological polar surface area (TPSA) is 26.3 Å². The number of carbonyl (C=O) groups is 1. The second-order valence-electron chi connectivity index (χ2n) is 3.59. The van der Waals surface area contributed by atoms with Gasteiger partial charge < -0.3 is 4.74 Å². The Kier molecular flexibility index (Phi) is 4.63. The third-order valence-corrected chi connectivity index (χ3v) is 3.11. The van der Waals surface area contributed by atoms with Crippen LogP contribution in [0.2, 0.25) is 10.0 Å². The fourth-order valence-corrected chi connectivity index (χ4v) is 1.73. The molecule has 2 nitrogen and oxygen atoms in total. The molecule has 0 amide bonds. The minimum atomic E-state index is -0.526. The Morgan fingerprint density at radius 1 is 1.44 bits per heavy atom. The van der Waals surface area contributed by atoms with Crippen molar-refractivity contribution < 1.29 is 9.53 Å². The summed E-state index contributed by atoms with van der Waals surface area (Å²) in [6, 6.07) is 3.52. The van der Waals surface area contributed by atoms with Gasteiger partial charge in [-0.2, -0.15) is 0 Å². The van der Waals surface area contributed by atoms with Gasteiger partial charge in [0.25, 0.3) is 0 Å². The minimum Gasteiger partial charge on any atom is -0.480 e. The second-order valence-corrected chi connectivity index (χ2v) is 4.37. The molecule has 0 saturated carbocycles. The van der Waals surface area contributed by atoms with Crippen LogP contribution < -0.4 is 4.74 Å². The first-order valence-corrected chi connectivity index (χ1v) is 5.87. The maximum Gasteiger partial charge on any atom is 0.172 e. The molecule has 1 unspecified atom stereocenters. The van der Waals surface area contributed by atoms with Gasteiger partial charge in [-0.1, -0.05) is 36.2 Å². The predicted molar refractivity (Wildman–Crippen MR) is 66.6 cm³/mol. The number of aryl methyl sites for hydroxylation is 1. The number of ether oxygens (including phenoxy) is 1. The summed E-state index contributed by atoms with van der Waals surface area (Å²) in [5.41, 5.74) is 0.872. The van der Waals surface area contributed by atoms with Crippen LogP contribution >= 0.6 is 23.2 Å². The van der Waals surface area contributed by atoms with E-state index in [0.717, 1.165) is 5.56 Å². The Balaban J connectivity index is 2.97. The van der Waals surface area contributed by atoms with Crippen molar-refractivity contribution >= 4 is 29.0 Å². The molecule has 0 aliphatic rings. The van der Waals surface area contributed by atoms with Gasteiger partial charge in [0.05, 0.1) is 10.0 Å². The van der Waals surface area contributed by atoms with Crippen molar-refractivity contribution in [3.63, 3.8) is 0 Å². The quantitative estimate of drug-likeness (QED) is 0.817. The molecule has 0 aliphatic carbocycles. The Morgan fingerprint density at radius 3 is 2.62 bits per heavy atom. The average molecular weight is 261 g/mol. The van der Waals surface area contributed by atoms with Gasteiger partial charge in [-0.3, -0.25) is 4.79 Å². The molecule has 88 valence electrons. The summed E-state index contributed by atoms with van der Waals surface area (Å²) in [6.07, 6.45) is -0.0934. The molecule has 4 heteroatoms. The summed E-state index contributed by atoms with van der Waals surface area (Å²) in [4.78, 5) is 11.4. The molecule has 1 aromatic carbocycles. The van der Waals surface area contributed by atoms with Gasteiger partial charge >= 0.3 is 0 Å². The van der Waals surface area contributed by atoms with Gasteiger partial charge in [0.15, 0.2) is 17.6 Å². The van der Waals surface area contributed by atoms with Crippen LogP contribution in [0.4, 0.5) is 0 Å². The molecule has 0 radical (unpaired) electrons. The fourth-order valence-electron chi connectivity index (χ4n) is 1.27. The van der Waals surface area contributed by atoms with Crippen molar-refractivity contribution in [2.75, 3.05) is 0 Å². The van der Waals surface area contributed by atoms with Crippen LogP contribution in [0.25, 0.3) is 0 Å². The van der Waals surface area contributed by atoms with Gasteiger partial charge in [0.1, 0.15) is 0 Å². The van der Waals surface area contributed by atoms with Gasteiger partial charge in [-0.05, 0) is 25.5 Å². The summed E-state index contributed by atoms with van der Waals surface area (Å²) in [5, 5.41) is 0.884. The monoisotopic (exact) mass is 260 g/mol. The van der Waals surface area contributed by atoms with E-state index in [1.807, 2.05) is 13.0 Å².